The topological polar surface area (TPSA) is 66.4 Å². The van der Waals surface area contributed by atoms with Crippen LogP contribution in [0.1, 0.15) is 10.4 Å². The number of aliphatic hydroxyl groups is 1. The lowest BCUT2D eigenvalue weighted by atomic mass is 10.3. The van der Waals surface area contributed by atoms with Gasteiger partial charge in [0, 0.05) is 5.02 Å². The number of thiophene rings is 1. The molecule has 1 aromatic heterocycles. The van der Waals surface area contributed by atoms with Gasteiger partial charge in [-0.2, -0.15) is 0 Å². The summed E-state index contributed by atoms with van der Waals surface area (Å²) < 4.78 is 27.3. The number of anilines is 1. The van der Waals surface area contributed by atoms with Gasteiger partial charge in [0.1, 0.15) is 4.90 Å². The lowest BCUT2D eigenvalue weighted by Crippen LogP contribution is -2.15. The van der Waals surface area contributed by atoms with Gasteiger partial charge in [-0.3, -0.25) is 4.72 Å². The van der Waals surface area contributed by atoms with Crippen molar-refractivity contribution in [2.75, 3.05) is 4.72 Å². The number of aliphatic hydroxyl groups excluding tert-OH is 1. The summed E-state index contributed by atoms with van der Waals surface area (Å²) in [6.45, 7) is 1.28. The van der Waals surface area contributed by atoms with E-state index in [1.807, 2.05) is 0 Å². The second-order valence-corrected chi connectivity index (χ2v) is 8.01. The van der Waals surface area contributed by atoms with Crippen molar-refractivity contribution < 1.29 is 13.5 Å². The van der Waals surface area contributed by atoms with E-state index in [0.29, 0.717) is 15.5 Å². The molecule has 0 saturated heterocycles. The number of halogens is 3. The summed E-state index contributed by atoms with van der Waals surface area (Å²) in [4.78, 5) is 0.387. The molecule has 2 rings (SSSR count). The average Bonchev–Trinajstić information content (AvgIpc) is 2.76. The second-order valence-electron chi connectivity index (χ2n) is 4.18. The van der Waals surface area contributed by atoms with Crippen LogP contribution in [0.25, 0.3) is 0 Å². The molecule has 1 heterocycles. The molecule has 114 valence electrons. The number of benzene rings is 1. The van der Waals surface area contributed by atoms with E-state index in [0.717, 1.165) is 0 Å². The summed E-state index contributed by atoms with van der Waals surface area (Å²) in [5.74, 6) is 0. The molecule has 4 nitrogen and oxygen atoms in total. The number of aryl methyl sites for hydroxylation is 1. The Morgan fingerprint density at radius 3 is 2.33 bits per heavy atom. The molecule has 0 amide bonds. The molecule has 2 N–H and O–H groups in total. The van der Waals surface area contributed by atoms with Gasteiger partial charge in [-0.05, 0) is 30.0 Å². The van der Waals surface area contributed by atoms with Crippen molar-refractivity contribution >= 4 is 61.9 Å². The Balaban J connectivity index is 2.50. The van der Waals surface area contributed by atoms with E-state index < -0.39 is 10.0 Å². The fourth-order valence-corrected chi connectivity index (χ4v) is 5.57. The molecular weight excluding hydrogens is 377 g/mol. The van der Waals surface area contributed by atoms with E-state index in [-0.39, 0.29) is 27.2 Å². The van der Waals surface area contributed by atoms with Gasteiger partial charge < -0.3 is 5.11 Å². The van der Waals surface area contributed by atoms with Crippen molar-refractivity contribution in [2.24, 2.45) is 0 Å². The van der Waals surface area contributed by atoms with Crippen LogP contribution >= 0.6 is 46.1 Å². The maximum absolute atomic E-state index is 12.5. The van der Waals surface area contributed by atoms with E-state index in [2.05, 4.69) is 4.72 Å². The Morgan fingerprint density at radius 1 is 1.24 bits per heavy atom. The predicted molar refractivity (Wildman–Crippen MR) is 87.3 cm³/mol. The van der Waals surface area contributed by atoms with E-state index >= 15 is 0 Å². The van der Waals surface area contributed by atoms with Crippen LogP contribution in [-0.2, 0) is 16.6 Å². The summed E-state index contributed by atoms with van der Waals surface area (Å²) in [7, 11) is -3.91. The van der Waals surface area contributed by atoms with Crippen LogP contribution in [0.15, 0.2) is 22.4 Å². The maximum Gasteiger partial charge on any atom is 0.263 e. The molecule has 0 aliphatic rings. The summed E-state index contributed by atoms with van der Waals surface area (Å²) >= 11 is 18.9. The number of hydrogen-bond acceptors (Lipinski definition) is 4. The SMILES string of the molecule is Cc1csc(CO)c1S(=O)(=O)Nc1c(Cl)cc(Cl)cc1Cl. The standard InChI is InChI=1S/C12H10Cl3NO3S2/c1-6-5-20-10(4-17)12(6)21(18,19)16-11-8(14)2-7(13)3-9(11)15/h2-3,5,16-17H,4H2,1H3. The second kappa shape index (κ2) is 6.32. The van der Waals surface area contributed by atoms with E-state index in [1.165, 1.54) is 23.5 Å². The fourth-order valence-electron chi connectivity index (χ4n) is 1.78. The first kappa shape index (κ1) is 16.9. The number of nitrogens with one attached hydrogen (secondary N) is 1. The van der Waals surface area contributed by atoms with Crippen LogP contribution in [0, 0.1) is 6.92 Å². The van der Waals surface area contributed by atoms with Gasteiger partial charge in [0.25, 0.3) is 10.0 Å². The molecule has 9 heteroatoms. The Labute approximate surface area is 141 Å². The first-order valence-electron chi connectivity index (χ1n) is 5.61. The van der Waals surface area contributed by atoms with Crippen molar-refractivity contribution in [2.45, 2.75) is 18.4 Å². The first-order chi connectivity index (χ1) is 9.76. The van der Waals surface area contributed by atoms with Gasteiger partial charge in [0.2, 0.25) is 0 Å². The third-order valence-electron chi connectivity index (χ3n) is 2.65. The molecule has 0 aliphatic carbocycles. The number of sulfonamides is 1. The van der Waals surface area contributed by atoms with Crippen molar-refractivity contribution in [3.05, 3.63) is 43.0 Å². The zero-order chi connectivity index (χ0) is 15.8. The highest BCUT2D eigenvalue weighted by Crippen LogP contribution is 2.36. The minimum absolute atomic E-state index is 0.0390. The highest BCUT2D eigenvalue weighted by atomic mass is 35.5. The zero-order valence-electron chi connectivity index (χ0n) is 10.7. The van der Waals surface area contributed by atoms with Crippen molar-refractivity contribution in [3.63, 3.8) is 0 Å². The average molecular weight is 387 g/mol. The maximum atomic E-state index is 12.5. The Morgan fingerprint density at radius 2 is 1.81 bits per heavy atom. The highest BCUT2D eigenvalue weighted by molar-refractivity contribution is 7.93. The molecule has 0 unspecified atom stereocenters. The lowest BCUT2D eigenvalue weighted by Gasteiger charge is -2.12. The lowest BCUT2D eigenvalue weighted by molar-refractivity contribution is 0.282. The van der Waals surface area contributed by atoms with Gasteiger partial charge in [0.15, 0.2) is 0 Å². The molecule has 0 spiro atoms. The van der Waals surface area contributed by atoms with Crippen LogP contribution in [0.2, 0.25) is 15.1 Å². The van der Waals surface area contributed by atoms with Crippen molar-refractivity contribution in [1.82, 2.24) is 0 Å². The van der Waals surface area contributed by atoms with Crippen molar-refractivity contribution in [3.8, 4) is 0 Å². The van der Waals surface area contributed by atoms with E-state index in [1.54, 1.807) is 12.3 Å². The van der Waals surface area contributed by atoms with Crippen molar-refractivity contribution in [1.29, 1.82) is 0 Å². The Kier molecular flexibility index (Phi) is 5.07. The molecule has 0 atom stereocenters. The fraction of sp³-hybridized carbons (Fsp3) is 0.167. The summed E-state index contributed by atoms with van der Waals surface area (Å²) in [5, 5.41) is 11.4. The van der Waals surface area contributed by atoms with Crippen LogP contribution < -0.4 is 4.72 Å². The van der Waals surface area contributed by atoms with Gasteiger partial charge in [0.05, 0.1) is 27.2 Å². The minimum atomic E-state index is -3.91. The molecule has 2 aromatic rings. The summed E-state index contributed by atoms with van der Waals surface area (Å²) in [5.41, 5.74) is 0.593. The zero-order valence-corrected chi connectivity index (χ0v) is 14.6. The normalized spacial score (nSPS) is 11.7. The van der Waals surface area contributed by atoms with Gasteiger partial charge in [-0.15, -0.1) is 11.3 Å². The molecule has 0 radical (unpaired) electrons. The molecule has 0 fully saturated rings. The summed E-state index contributed by atoms with van der Waals surface area (Å²) in [6.07, 6.45) is 0. The van der Waals surface area contributed by atoms with Crippen LogP contribution in [-0.4, -0.2) is 13.5 Å². The molecular formula is C12H10Cl3NO3S2. The van der Waals surface area contributed by atoms with Gasteiger partial charge in [-0.1, -0.05) is 34.8 Å². The number of rotatable bonds is 4. The molecule has 1 aromatic carbocycles. The van der Waals surface area contributed by atoms with Gasteiger partial charge >= 0.3 is 0 Å². The van der Waals surface area contributed by atoms with E-state index in [4.69, 9.17) is 34.8 Å². The molecule has 21 heavy (non-hydrogen) atoms. The Bertz CT molecular complexity index is 764. The van der Waals surface area contributed by atoms with Crippen LogP contribution in [0.5, 0.6) is 0 Å². The molecule has 0 saturated carbocycles. The van der Waals surface area contributed by atoms with Crippen LogP contribution in [0.3, 0.4) is 0 Å². The van der Waals surface area contributed by atoms with Crippen LogP contribution in [0.4, 0.5) is 5.69 Å². The highest BCUT2D eigenvalue weighted by Gasteiger charge is 2.24. The minimum Gasteiger partial charge on any atom is -0.391 e. The summed E-state index contributed by atoms with van der Waals surface area (Å²) in [6, 6.07) is 2.78. The quantitative estimate of drug-likeness (QED) is 0.823. The molecule has 0 bridgehead atoms. The molecule has 0 aliphatic heterocycles. The smallest absolute Gasteiger partial charge is 0.263 e. The van der Waals surface area contributed by atoms with E-state index in [9.17, 15) is 13.5 Å². The first-order valence-corrected chi connectivity index (χ1v) is 9.11. The largest absolute Gasteiger partial charge is 0.391 e. The van der Waals surface area contributed by atoms with Gasteiger partial charge in [-0.25, -0.2) is 8.42 Å². The third-order valence-corrected chi connectivity index (χ3v) is 6.26. The Hall–Kier alpha value is -0.500. The third kappa shape index (κ3) is 3.47. The monoisotopic (exact) mass is 385 g/mol. The number of hydrogen-bond donors (Lipinski definition) is 2. The predicted octanol–water partition coefficient (Wildman–Crippen LogP) is 4.31.